The molecule has 1 atom stereocenters. The number of amides is 2. The van der Waals surface area contributed by atoms with Crippen molar-refractivity contribution in [2.45, 2.75) is 25.0 Å². The van der Waals surface area contributed by atoms with E-state index in [0.29, 0.717) is 18.2 Å². The van der Waals surface area contributed by atoms with Gasteiger partial charge < -0.3 is 15.3 Å². The first-order valence-corrected chi connectivity index (χ1v) is 6.41. The van der Waals surface area contributed by atoms with Crippen molar-refractivity contribution in [2.75, 3.05) is 19.3 Å². The van der Waals surface area contributed by atoms with E-state index in [1.165, 1.54) is 0 Å². The van der Waals surface area contributed by atoms with Gasteiger partial charge in [0, 0.05) is 19.3 Å². The Morgan fingerprint density at radius 2 is 2.31 bits per heavy atom. The number of nitrogens with one attached hydrogen (secondary N) is 1. The minimum absolute atomic E-state index is 0.0280. The minimum Gasteiger partial charge on any atom is -0.393 e. The van der Waals surface area contributed by atoms with Gasteiger partial charge in [0.2, 0.25) is 5.91 Å². The van der Waals surface area contributed by atoms with E-state index in [2.05, 4.69) is 5.32 Å². The molecule has 6 heteroatoms. The summed E-state index contributed by atoms with van der Waals surface area (Å²) < 4.78 is 0. The van der Waals surface area contributed by atoms with Gasteiger partial charge in [-0.3, -0.25) is 9.59 Å². The van der Waals surface area contributed by atoms with Crippen LogP contribution in [-0.2, 0) is 4.79 Å². The first-order chi connectivity index (χ1) is 7.56. The number of likely N-dealkylation sites (N-methyl/N-ethyl adjacent to an activating group) is 1. The molecular formula is C10H16N2O3S. The molecule has 2 rings (SSSR count). The first kappa shape index (κ1) is 11.7. The van der Waals surface area contributed by atoms with Crippen LogP contribution in [0, 0.1) is 5.92 Å². The van der Waals surface area contributed by atoms with E-state index in [-0.39, 0.29) is 23.3 Å². The predicted octanol–water partition coefficient (Wildman–Crippen LogP) is 0.0407. The van der Waals surface area contributed by atoms with E-state index in [4.69, 9.17) is 5.11 Å². The van der Waals surface area contributed by atoms with Gasteiger partial charge in [0.25, 0.3) is 5.24 Å². The second-order valence-corrected chi connectivity index (χ2v) is 5.50. The lowest BCUT2D eigenvalue weighted by atomic mass is 9.82. The number of carbonyl (C=O) groups excluding carboxylic acids is 2. The molecule has 90 valence electrons. The van der Waals surface area contributed by atoms with Gasteiger partial charge in [0.05, 0.1) is 6.10 Å². The number of carbonyl (C=O) groups is 2. The van der Waals surface area contributed by atoms with Crippen LogP contribution in [0.1, 0.15) is 12.8 Å². The average Bonchev–Trinajstić information content (AvgIpc) is 2.61. The van der Waals surface area contributed by atoms with Crippen LogP contribution in [-0.4, -0.2) is 52.6 Å². The van der Waals surface area contributed by atoms with Crippen LogP contribution in [0.15, 0.2) is 0 Å². The van der Waals surface area contributed by atoms with Crippen molar-refractivity contribution in [3.8, 4) is 0 Å². The summed E-state index contributed by atoms with van der Waals surface area (Å²) in [5, 5.41) is 11.7. The third-order valence-corrected chi connectivity index (χ3v) is 3.97. The summed E-state index contributed by atoms with van der Waals surface area (Å²) in [6.07, 6.45) is 1.38. The summed E-state index contributed by atoms with van der Waals surface area (Å²) in [4.78, 5) is 24.5. The van der Waals surface area contributed by atoms with Crippen molar-refractivity contribution in [3.63, 3.8) is 0 Å². The van der Waals surface area contributed by atoms with Gasteiger partial charge >= 0.3 is 0 Å². The molecule has 2 N–H and O–H groups in total. The molecule has 0 bridgehead atoms. The Hall–Kier alpha value is -0.750. The van der Waals surface area contributed by atoms with Crippen molar-refractivity contribution in [1.29, 1.82) is 0 Å². The molecule has 2 amide bonds. The largest absolute Gasteiger partial charge is 0.393 e. The fraction of sp³-hybridized carbons (Fsp3) is 0.800. The second-order valence-electron chi connectivity index (χ2n) is 4.51. The maximum absolute atomic E-state index is 11.9. The van der Waals surface area contributed by atoms with Gasteiger partial charge in [-0.2, -0.15) is 0 Å². The highest BCUT2D eigenvalue weighted by molar-refractivity contribution is 8.14. The zero-order chi connectivity index (χ0) is 11.7. The van der Waals surface area contributed by atoms with Crippen LogP contribution >= 0.6 is 11.8 Å². The Balaban J connectivity index is 1.78. The van der Waals surface area contributed by atoms with E-state index >= 15 is 0 Å². The second kappa shape index (κ2) is 4.63. The quantitative estimate of drug-likeness (QED) is 0.735. The van der Waals surface area contributed by atoms with Crippen LogP contribution in [0.4, 0.5) is 4.79 Å². The Morgan fingerprint density at radius 3 is 2.81 bits per heavy atom. The Bertz CT molecular complexity index is 304. The summed E-state index contributed by atoms with van der Waals surface area (Å²) in [6, 6.07) is -0.368. The number of hydrogen-bond acceptors (Lipinski definition) is 4. The maximum Gasteiger partial charge on any atom is 0.279 e. The van der Waals surface area contributed by atoms with E-state index < -0.39 is 0 Å². The molecule has 1 aliphatic carbocycles. The summed E-state index contributed by atoms with van der Waals surface area (Å²) in [5.74, 6) is 0.906. The third-order valence-electron chi connectivity index (χ3n) is 3.09. The molecule has 0 aromatic rings. The van der Waals surface area contributed by atoms with Gasteiger partial charge in [-0.1, -0.05) is 11.8 Å². The molecule has 0 aromatic carbocycles. The highest BCUT2D eigenvalue weighted by atomic mass is 32.2. The van der Waals surface area contributed by atoms with Gasteiger partial charge in [0.15, 0.2) is 0 Å². The Labute approximate surface area is 98.6 Å². The van der Waals surface area contributed by atoms with Gasteiger partial charge in [-0.05, 0) is 18.8 Å². The molecule has 1 heterocycles. The topological polar surface area (TPSA) is 69.6 Å². The summed E-state index contributed by atoms with van der Waals surface area (Å²) in [7, 11) is 1.75. The van der Waals surface area contributed by atoms with E-state index in [0.717, 1.165) is 24.6 Å². The minimum atomic E-state index is -0.368. The number of hydrogen-bond donors (Lipinski definition) is 2. The van der Waals surface area contributed by atoms with Crippen molar-refractivity contribution in [2.24, 2.45) is 5.92 Å². The zero-order valence-corrected chi connectivity index (χ0v) is 10.00. The first-order valence-electron chi connectivity index (χ1n) is 5.42. The van der Waals surface area contributed by atoms with Gasteiger partial charge in [0.1, 0.15) is 6.04 Å². The molecule has 16 heavy (non-hydrogen) atoms. The van der Waals surface area contributed by atoms with Crippen LogP contribution < -0.4 is 5.32 Å². The molecule has 0 aromatic heterocycles. The Morgan fingerprint density at radius 1 is 1.62 bits per heavy atom. The molecule has 0 radical (unpaired) electrons. The van der Waals surface area contributed by atoms with Crippen LogP contribution in [0.2, 0.25) is 0 Å². The summed E-state index contributed by atoms with van der Waals surface area (Å²) in [6.45, 7) is 0.674. The molecule has 5 nitrogen and oxygen atoms in total. The SMILES string of the molecule is CN(CC1CC(O)C1)C(=O)C1CSC(=O)N1. The van der Waals surface area contributed by atoms with Crippen molar-refractivity contribution in [1.82, 2.24) is 10.2 Å². The lowest BCUT2D eigenvalue weighted by Gasteiger charge is -2.35. The summed E-state index contributed by atoms with van der Waals surface area (Å²) >= 11 is 1.15. The highest BCUT2D eigenvalue weighted by Gasteiger charge is 2.33. The standard InChI is InChI=1S/C10H16N2O3S/c1-12(4-6-2-7(13)3-6)9(14)8-5-16-10(15)11-8/h6-8,13H,2-5H2,1H3,(H,11,15). The van der Waals surface area contributed by atoms with E-state index in [1.807, 2.05) is 0 Å². The van der Waals surface area contributed by atoms with Crippen LogP contribution in [0.25, 0.3) is 0 Å². The number of rotatable bonds is 3. The third kappa shape index (κ3) is 2.49. The molecule has 0 spiro atoms. The van der Waals surface area contributed by atoms with Crippen molar-refractivity contribution in [3.05, 3.63) is 0 Å². The normalized spacial score (nSPS) is 33.1. The van der Waals surface area contributed by atoms with Gasteiger partial charge in [-0.15, -0.1) is 0 Å². The number of aliphatic hydroxyl groups is 1. The van der Waals surface area contributed by atoms with E-state index in [9.17, 15) is 9.59 Å². The molecule has 1 aliphatic heterocycles. The van der Waals surface area contributed by atoms with Crippen molar-refractivity contribution < 1.29 is 14.7 Å². The fourth-order valence-corrected chi connectivity index (χ4v) is 2.88. The van der Waals surface area contributed by atoms with E-state index in [1.54, 1.807) is 11.9 Å². The lowest BCUT2D eigenvalue weighted by Crippen LogP contribution is -2.47. The summed E-state index contributed by atoms with van der Waals surface area (Å²) in [5.41, 5.74) is 0. The lowest BCUT2D eigenvalue weighted by molar-refractivity contribution is -0.132. The predicted molar refractivity (Wildman–Crippen MR) is 61.1 cm³/mol. The maximum atomic E-state index is 11.9. The molecule has 2 fully saturated rings. The van der Waals surface area contributed by atoms with Crippen molar-refractivity contribution >= 4 is 22.9 Å². The average molecular weight is 244 g/mol. The van der Waals surface area contributed by atoms with Gasteiger partial charge in [-0.25, -0.2) is 0 Å². The van der Waals surface area contributed by atoms with Crippen LogP contribution in [0.3, 0.4) is 0 Å². The highest BCUT2D eigenvalue weighted by Crippen LogP contribution is 2.28. The smallest absolute Gasteiger partial charge is 0.279 e. The fourth-order valence-electron chi connectivity index (χ4n) is 2.11. The number of aliphatic hydroxyl groups excluding tert-OH is 1. The molecular weight excluding hydrogens is 228 g/mol. The van der Waals surface area contributed by atoms with Crippen LogP contribution in [0.5, 0.6) is 0 Å². The zero-order valence-electron chi connectivity index (χ0n) is 9.18. The monoisotopic (exact) mass is 244 g/mol. The number of thioether (sulfide) groups is 1. The molecule has 2 aliphatic rings. The number of nitrogens with zero attached hydrogens (tertiary/aromatic N) is 1. The molecule has 1 saturated heterocycles. The Kier molecular flexibility index (Phi) is 3.39. The molecule has 1 saturated carbocycles. The molecule has 1 unspecified atom stereocenters.